The van der Waals surface area contributed by atoms with Gasteiger partial charge in [-0.15, -0.1) is 0 Å². The second-order valence-electron chi connectivity index (χ2n) is 9.77. The number of benzene rings is 2. The fourth-order valence-electron chi connectivity index (χ4n) is 4.48. The van der Waals surface area contributed by atoms with Crippen LogP contribution >= 0.6 is 0 Å². The Morgan fingerprint density at radius 3 is 2.57 bits per heavy atom. The number of nitrogens with one attached hydrogen (secondary N) is 4. The zero-order valence-electron chi connectivity index (χ0n) is 23.0. The van der Waals surface area contributed by atoms with E-state index in [0.717, 1.165) is 24.0 Å². The largest absolute Gasteiger partial charge is 0.496 e. The molecule has 1 aliphatic heterocycles. The summed E-state index contributed by atoms with van der Waals surface area (Å²) in [6.07, 6.45) is 2.26. The molecule has 4 rings (SSSR count). The molecular formula is C29H31F2N5O6. The van der Waals surface area contributed by atoms with E-state index < -0.39 is 59.0 Å². The average molecular weight is 584 g/mol. The van der Waals surface area contributed by atoms with Gasteiger partial charge in [0.2, 0.25) is 17.7 Å². The van der Waals surface area contributed by atoms with Crippen LogP contribution in [0.25, 0.3) is 0 Å². The number of ether oxygens (including phenoxy) is 1. The summed E-state index contributed by atoms with van der Waals surface area (Å²) in [6, 6.07) is 8.25. The fourth-order valence-corrected chi connectivity index (χ4v) is 4.48. The number of oxazole rings is 1. The predicted molar refractivity (Wildman–Crippen MR) is 145 cm³/mol. The van der Waals surface area contributed by atoms with E-state index in [1.54, 1.807) is 6.92 Å². The van der Waals surface area contributed by atoms with Crippen molar-refractivity contribution in [1.82, 2.24) is 26.3 Å². The van der Waals surface area contributed by atoms with Gasteiger partial charge in [0.05, 0.1) is 7.11 Å². The minimum absolute atomic E-state index is 0.00701. The minimum atomic E-state index is -1.41. The molecule has 1 aliphatic rings. The van der Waals surface area contributed by atoms with Crippen molar-refractivity contribution in [1.29, 1.82) is 0 Å². The topological polar surface area (TPSA) is 152 Å². The average Bonchev–Trinajstić information content (AvgIpc) is 3.48. The minimum Gasteiger partial charge on any atom is -0.496 e. The fraction of sp³-hybridized carbons (Fsp3) is 0.345. The number of rotatable bonds is 5. The molecule has 1 aromatic heterocycles. The van der Waals surface area contributed by atoms with Gasteiger partial charge in [-0.2, -0.15) is 0 Å². The third-order valence-corrected chi connectivity index (χ3v) is 6.73. The number of methoxy groups -OCH3 is 1. The molecule has 0 saturated heterocycles. The number of hydrogen-bond acceptors (Lipinski definition) is 7. The highest BCUT2D eigenvalue weighted by atomic mass is 19.2. The Kier molecular flexibility index (Phi) is 9.84. The summed E-state index contributed by atoms with van der Waals surface area (Å²) in [5.74, 6) is -5.59. The van der Waals surface area contributed by atoms with Crippen molar-refractivity contribution < 1.29 is 37.1 Å². The first-order chi connectivity index (χ1) is 20.2. The lowest BCUT2D eigenvalue weighted by molar-refractivity contribution is -0.124. The van der Waals surface area contributed by atoms with Gasteiger partial charge in [0.1, 0.15) is 35.7 Å². The summed E-state index contributed by atoms with van der Waals surface area (Å²) in [5, 5.41) is 10.6. The number of carbonyl (C=O) groups excluding carboxylic acids is 4. The van der Waals surface area contributed by atoms with Gasteiger partial charge >= 0.3 is 0 Å². The summed E-state index contributed by atoms with van der Waals surface area (Å²) < 4.78 is 38.9. The number of fused-ring (bicyclic) bond motifs is 2. The van der Waals surface area contributed by atoms with Crippen LogP contribution < -0.4 is 26.0 Å². The zero-order valence-corrected chi connectivity index (χ0v) is 23.0. The Morgan fingerprint density at radius 2 is 1.83 bits per heavy atom. The third-order valence-electron chi connectivity index (χ3n) is 6.73. The normalized spacial score (nSPS) is 20.2. The summed E-state index contributed by atoms with van der Waals surface area (Å²) in [5.41, 5.74) is 0.0719. The molecule has 3 atom stereocenters. The maximum Gasteiger partial charge on any atom is 0.273 e. The second kappa shape index (κ2) is 13.7. The first kappa shape index (κ1) is 30.2. The second-order valence-corrected chi connectivity index (χ2v) is 9.77. The first-order valence-corrected chi connectivity index (χ1v) is 13.4. The highest BCUT2D eigenvalue weighted by Gasteiger charge is 2.29. The molecule has 2 heterocycles. The number of aromatic nitrogens is 1. The number of nitrogens with zero attached hydrogens (tertiary/aromatic N) is 1. The lowest BCUT2D eigenvalue weighted by Crippen LogP contribution is -2.49. The molecule has 4 N–H and O–H groups in total. The standard InChI is InChI=1S/C29H31F2N5O6/c1-16-29-36-21(15-42-29)27(39)35-20(14-17-8-4-3-5-9-17)25(37)32-13-7-6-10-19(26(38)33-16)34-28(40)23-22(41-2)12-11-18(30)24(23)31/h3-5,8-9,11-12,15-16,19-20H,6-7,10,13-14H2,1-2H3,(H,32,37)(H,33,38)(H,34,40)(H,35,39)/t16-,19-,20-/m0/s1. The van der Waals surface area contributed by atoms with Crippen LogP contribution in [-0.4, -0.2) is 54.4 Å². The molecule has 4 amide bonds. The molecule has 0 radical (unpaired) electrons. The molecule has 0 unspecified atom stereocenters. The van der Waals surface area contributed by atoms with Crippen LogP contribution in [0.4, 0.5) is 8.78 Å². The van der Waals surface area contributed by atoms with Gasteiger partial charge in [-0.25, -0.2) is 13.8 Å². The maximum absolute atomic E-state index is 14.5. The Bertz CT molecular complexity index is 1450. The van der Waals surface area contributed by atoms with E-state index in [1.807, 2.05) is 30.3 Å². The molecule has 0 saturated carbocycles. The molecule has 3 aromatic rings. The SMILES string of the molecule is COc1ccc(F)c(F)c1C(=O)N[C@H]1CCCCNC(=O)[C@H](Cc2ccccc2)NC(=O)c2coc(n2)[C@H](C)NC1=O. The van der Waals surface area contributed by atoms with Gasteiger partial charge in [0.25, 0.3) is 11.8 Å². The van der Waals surface area contributed by atoms with Crippen molar-refractivity contribution >= 4 is 23.6 Å². The lowest BCUT2D eigenvalue weighted by atomic mass is 10.0. The Morgan fingerprint density at radius 1 is 1.07 bits per heavy atom. The van der Waals surface area contributed by atoms with Crippen LogP contribution in [0.1, 0.15) is 64.5 Å². The van der Waals surface area contributed by atoms with Crippen LogP contribution in [0.15, 0.2) is 53.1 Å². The van der Waals surface area contributed by atoms with E-state index in [1.165, 1.54) is 7.11 Å². The predicted octanol–water partition coefficient (Wildman–Crippen LogP) is 2.58. The Labute approximate surface area is 240 Å². The number of halogens is 2. The van der Waals surface area contributed by atoms with Crippen LogP contribution in [0, 0.1) is 11.6 Å². The Balaban J connectivity index is 1.55. The third kappa shape index (κ3) is 7.28. The molecule has 11 nitrogen and oxygen atoms in total. The summed E-state index contributed by atoms with van der Waals surface area (Å²) in [7, 11) is 1.20. The highest BCUT2D eigenvalue weighted by molar-refractivity contribution is 6.00. The van der Waals surface area contributed by atoms with Gasteiger partial charge in [-0.3, -0.25) is 19.2 Å². The van der Waals surface area contributed by atoms with Crippen LogP contribution in [0.3, 0.4) is 0 Å². The quantitative estimate of drug-likeness (QED) is 0.360. The van der Waals surface area contributed by atoms with E-state index in [-0.39, 0.29) is 36.7 Å². The lowest BCUT2D eigenvalue weighted by Gasteiger charge is -2.22. The molecule has 2 aromatic carbocycles. The molecule has 0 fully saturated rings. The van der Waals surface area contributed by atoms with Crippen molar-refractivity contribution in [3.05, 3.63) is 83.1 Å². The monoisotopic (exact) mass is 583 g/mol. The van der Waals surface area contributed by atoms with Gasteiger partial charge in [-0.1, -0.05) is 30.3 Å². The van der Waals surface area contributed by atoms with Crippen LogP contribution in [-0.2, 0) is 16.0 Å². The summed E-state index contributed by atoms with van der Waals surface area (Å²) >= 11 is 0. The zero-order chi connectivity index (χ0) is 30.2. The van der Waals surface area contributed by atoms with Gasteiger partial charge in [-0.05, 0) is 43.9 Å². The van der Waals surface area contributed by atoms with E-state index >= 15 is 0 Å². The highest BCUT2D eigenvalue weighted by Crippen LogP contribution is 2.24. The van der Waals surface area contributed by atoms with Gasteiger partial charge < -0.3 is 30.4 Å². The number of amides is 4. The molecule has 222 valence electrons. The summed E-state index contributed by atoms with van der Waals surface area (Å²) in [6.45, 7) is 1.79. The number of hydrogen-bond donors (Lipinski definition) is 4. The van der Waals surface area contributed by atoms with E-state index in [9.17, 15) is 28.0 Å². The van der Waals surface area contributed by atoms with E-state index in [2.05, 4.69) is 26.3 Å². The molecule has 13 heteroatoms. The molecular weight excluding hydrogens is 552 g/mol. The summed E-state index contributed by atoms with van der Waals surface area (Å²) in [4.78, 5) is 56.4. The van der Waals surface area contributed by atoms with E-state index in [0.29, 0.717) is 12.8 Å². The van der Waals surface area contributed by atoms with Crippen molar-refractivity contribution in [2.45, 2.75) is 50.7 Å². The van der Waals surface area contributed by atoms with Gasteiger partial charge in [0, 0.05) is 13.0 Å². The van der Waals surface area contributed by atoms with Crippen molar-refractivity contribution in [2.24, 2.45) is 0 Å². The molecule has 0 spiro atoms. The number of carbonyl (C=O) groups is 4. The van der Waals surface area contributed by atoms with Gasteiger partial charge in [0.15, 0.2) is 17.3 Å². The van der Waals surface area contributed by atoms with Crippen molar-refractivity contribution in [2.75, 3.05) is 13.7 Å². The van der Waals surface area contributed by atoms with Crippen LogP contribution in [0.5, 0.6) is 5.75 Å². The van der Waals surface area contributed by atoms with Crippen LogP contribution in [0.2, 0.25) is 0 Å². The Hall–Kier alpha value is -4.81. The van der Waals surface area contributed by atoms with E-state index in [4.69, 9.17) is 9.15 Å². The molecule has 42 heavy (non-hydrogen) atoms. The molecule has 2 bridgehead atoms. The smallest absolute Gasteiger partial charge is 0.273 e. The van der Waals surface area contributed by atoms with Crippen molar-refractivity contribution in [3.63, 3.8) is 0 Å². The van der Waals surface area contributed by atoms with Crippen molar-refractivity contribution in [3.8, 4) is 5.75 Å². The maximum atomic E-state index is 14.5. The molecule has 0 aliphatic carbocycles. The first-order valence-electron chi connectivity index (χ1n) is 13.4.